The predicted molar refractivity (Wildman–Crippen MR) is 100 cm³/mol. The van der Waals surface area contributed by atoms with Crippen molar-refractivity contribution < 1.29 is 9.53 Å². The molecule has 1 aliphatic rings. The Labute approximate surface area is 150 Å². The first-order chi connectivity index (χ1) is 12.1. The van der Waals surface area contributed by atoms with Crippen LogP contribution in [0.3, 0.4) is 0 Å². The monoisotopic (exact) mass is 337 g/mol. The van der Waals surface area contributed by atoms with Gasteiger partial charge in [0.15, 0.2) is 0 Å². The molecule has 1 fully saturated rings. The van der Waals surface area contributed by atoms with E-state index in [-0.39, 0.29) is 17.8 Å². The molecule has 0 spiro atoms. The number of ether oxygens (including phenoxy) is 1. The summed E-state index contributed by atoms with van der Waals surface area (Å²) in [7, 11) is 1.49. The number of hydrogen-bond donors (Lipinski definition) is 0. The lowest BCUT2D eigenvalue weighted by atomic mass is 9.87. The third-order valence-electron chi connectivity index (χ3n) is 5.15. The lowest BCUT2D eigenvalue weighted by molar-refractivity contribution is -0.145. The van der Waals surface area contributed by atoms with Gasteiger partial charge in [0.25, 0.3) is 0 Å². The Kier molecular flexibility index (Phi) is 5.54. The Morgan fingerprint density at radius 2 is 1.88 bits per heavy atom. The highest BCUT2D eigenvalue weighted by atomic mass is 16.5. The van der Waals surface area contributed by atoms with Gasteiger partial charge in [-0.05, 0) is 22.6 Å². The highest BCUT2D eigenvalue weighted by molar-refractivity contribution is 5.74. The number of carbonyl (C=O) groups excluding carboxylic acids is 1. The largest absolute Gasteiger partial charge is 0.469 e. The quantitative estimate of drug-likeness (QED) is 0.766. The Bertz CT molecular complexity index is 711. The lowest BCUT2D eigenvalue weighted by Crippen LogP contribution is -2.24. The van der Waals surface area contributed by atoms with E-state index in [1.807, 2.05) is 6.07 Å². The normalized spacial score (nSPS) is 20.8. The number of nitrogens with zero attached hydrogens (tertiary/aromatic N) is 1. The van der Waals surface area contributed by atoms with Crippen LogP contribution in [0.25, 0.3) is 0 Å². The van der Waals surface area contributed by atoms with E-state index in [2.05, 4.69) is 67.3 Å². The third kappa shape index (κ3) is 4.10. The standard InChI is InChI=1S/C22H27NO2/c1-16(2)18-10-7-11-19(12-18)20-14-23(15-21(20)22(24)25-3)13-17-8-5-4-6-9-17/h4-12,16,20-21H,13-15H2,1-3H3. The maximum Gasteiger partial charge on any atom is 0.310 e. The molecular formula is C22H27NO2. The van der Waals surface area contributed by atoms with E-state index >= 15 is 0 Å². The summed E-state index contributed by atoms with van der Waals surface area (Å²) >= 11 is 0. The van der Waals surface area contributed by atoms with Crippen LogP contribution in [-0.4, -0.2) is 31.1 Å². The molecule has 1 saturated heterocycles. The van der Waals surface area contributed by atoms with Gasteiger partial charge in [-0.15, -0.1) is 0 Å². The van der Waals surface area contributed by atoms with Crippen molar-refractivity contribution in [1.29, 1.82) is 0 Å². The number of rotatable bonds is 5. The second-order valence-electron chi connectivity index (χ2n) is 7.24. The molecule has 132 valence electrons. The number of carbonyl (C=O) groups is 1. The Balaban J connectivity index is 1.83. The van der Waals surface area contributed by atoms with E-state index in [1.165, 1.54) is 23.8 Å². The Hall–Kier alpha value is -2.13. The third-order valence-corrected chi connectivity index (χ3v) is 5.15. The molecule has 1 aliphatic heterocycles. The van der Waals surface area contributed by atoms with E-state index < -0.39 is 0 Å². The minimum Gasteiger partial charge on any atom is -0.469 e. The average molecular weight is 337 g/mol. The summed E-state index contributed by atoms with van der Waals surface area (Å²) in [6, 6.07) is 19.1. The second-order valence-corrected chi connectivity index (χ2v) is 7.24. The zero-order valence-electron chi connectivity index (χ0n) is 15.3. The Morgan fingerprint density at radius 1 is 1.12 bits per heavy atom. The van der Waals surface area contributed by atoms with Crippen LogP contribution in [0, 0.1) is 5.92 Å². The summed E-state index contributed by atoms with van der Waals surface area (Å²) < 4.78 is 5.10. The van der Waals surface area contributed by atoms with Gasteiger partial charge in [0, 0.05) is 25.6 Å². The maximum atomic E-state index is 12.4. The minimum atomic E-state index is -0.101. The van der Waals surface area contributed by atoms with E-state index in [9.17, 15) is 4.79 Å². The predicted octanol–water partition coefficient (Wildman–Crippen LogP) is 4.20. The van der Waals surface area contributed by atoms with Crippen molar-refractivity contribution in [2.45, 2.75) is 32.2 Å². The van der Waals surface area contributed by atoms with Crippen LogP contribution in [-0.2, 0) is 16.1 Å². The molecule has 0 bridgehead atoms. The number of esters is 1. The van der Waals surface area contributed by atoms with Crippen molar-refractivity contribution in [2.75, 3.05) is 20.2 Å². The van der Waals surface area contributed by atoms with Crippen molar-refractivity contribution >= 4 is 5.97 Å². The summed E-state index contributed by atoms with van der Waals surface area (Å²) in [5.41, 5.74) is 3.85. The molecule has 0 amide bonds. The summed E-state index contributed by atoms with van der Waals surface area (Å²) in [6.07, 6.45) is 0. The van der Waals surface area contributed by atoms with E-state index in [0.717, 1.165) is 19.6 Å². The zero-order chi connectivity index (χ0) is 17.8. The van der Waals surface area contributed by atoms with Crippen LogP contribution in [0.15, 0.2) is 54.6 Å². The molecule has 0 saturated carbocycles. The van der Waals surface area contributed by atoms with Gasteiger partial charge >= 0.3 is 5.97 Å². The van der Waals surface area contributed by atoms with Gasteiger partial charge in [-0.2, -0.15) is 0 Å². The summed E-state index contributed by atoms with van der Waals surface area (Å²) in [5.74, 6) is 0.472. The fraction of sp³-hybridized carbons (Fsp3) is 0.409. The van der Waals surface area contributed by atoms with Crippen molar-refractivity contribution in [3.05, 3.63) is 71.3 Å². The van der Waals surface area contributed by atoms with Gasteiger partial charge in [0.1, 0.15) is 0 Å². The molecule has 25 heavy (non-hydrogen) atoms. The summed E-state index contributed by atoms with van der Waals surface area (Å²) in [5, 5.41) is 0. The highest BCUT2D eigenvalue weighted by Gasteiger charge is 2.39. The van der Waals surface area contributed by atoms with E-state index in [1.54, 1.807) is 0 Å². The van der Waals surface area contributed by atoms with Gasteiger partial charge in [0.2, 0.25) is 0 Å². The summed E-state index contributed by atoms with van der Waals surface area (Å²) in [6.45, 7) is 6.91. The molecule has 2 atom stereocenters. The fourth-order valence-electron chi connectivity index (χ4n) is 3.73. The van der Waals surface area contributed by atoms with Crippen LogP contribution < -0.4 is 0 Å². The first-order valence-corrected chi connectivity index (χ1v) is 9.02. The molecular weight excluding hydrogens is 310 g/mol. The smallest absolute Gasteiger partial charge is 0.310 e. The van der Waals surface area contributed by atoms with Gasteiger partial charge in [-0.1, -0.05) is 68.4 Å². The Morgan fingerprint density at radius 3 is 2.56 bits per heavy atom. The van der Waals surface area contributed by atoms with Crippen LogP contribution in [0.4, 0.5) is 0 Å². The molecule has 2 aromatic rings. The van der Waals surface area contributed by atoms with Gasteiger partial charge in [-0.3, -0.25) is 9.69 Å². The van der Waals surface area contributed by atoms with Crippen molar-refractivity contribution in [2.24, 2.45) is 5.92 Å². The van der Waals surface area contributed by atoms with Gasteiger partial charge in [0.05, 0.1) is 13.0 Å². The SMILES string of the molecule is COC(=O)C1CN(Cc2ccccc2)CC1c1cccc(C(C)C)c1. The average Bonchev–Trinajstić information content (AvgIpc) is 3.06. The van der Waals surface area contributed by atoms with Gasteiger partial charge in [-0.25, -0.2) is 0 Å². The second kappa shape index (κ2) is 7.83. The van der Waals surface area contributed by atoms with Crippen molar-refractivity contribution in [3.8, 4) is 0 Å². The molecule has 2 unspecified atom stereocenters. The lowest BCUT2D eigenvalue weighted by Gasteiger charge is -2.18. The number of methoxy groups -OCH3 is 1. The molecule has 0 N–H and O–H groups in total. The first kappa shape index (κ1) is 17.7. The van der Waals surface area contributed by atoms with E-state index in [4.69, 9.17) is 4.74 Å². The summed E-state index contributed by atoms with van der Waals surface area (Å²) in [4.78, 5) is 14.7. The van der Waals surface area contributed by atoms with Crippen LogP contribution >= 0.6 is 0 Å². The van der Waals surface area contributed by atoms with Crippen molar-refractivity contribution in [1.82, 2.24) is 4.90 Å². The fourth-order valence-corrected chi connectivity index (χ4v) is 3.73. The van der Waals surface area contributed by atoms with Crippen molar-refractivity contribution in [3.63, 3.8) is 0 Å². The number of likely N-dealkylation sites (tertiary alicyclic amines) is 1. The molecule has 3 rings (SSSR count). The van der Waals surface area contributed by atoms with Crippen LogP contribution in [0.2, 0.25) is 0 Å². The molecule has 2 aromatic carbocycles. The molecule has 0 radical (unpaired) electrons. The molecule has 3 heteroatoms. The molecule has 0 aromatic heterocycles. The highest BCUT2D eigenvalue weighted by Crippen LogP contribution is 2.35. The number of hydrogen-bond acceptors (Lipinski definition) is 3. The molecule has 3 nitrogen and oxygen atoms in total. The minimum absolute atomic E-state index is 0.101. The molecule has 0 aliphatic carbocycles. The first-order valence-electron chi connectivity index (χ1n) is 9.02. The van der Waals surface area contributed by atoms with Crippen LogP contribution in [0.5, 0.6) is 0 Å². The maximum absolute atomic E-state index is 12.4. The van der Waals surface area contributed by atoms with E-state index in [0.29, 0.717) is 5.92 Å². The number of benzene rings is 2. The topological polar surface area (TPSA) is 29.5 Å². The van der Waals surface area contributed by atoms with Gasteiger partial charge < -0.3 is 4.74 Å². The zero-order valence-corrected chi connectivity index (χ0v) is 15.3. The van der Waals surface area contributed by atoms with Crippen LogP contribution in [0.1, 0.15) is 42.4 Å². The molecule has 1 heterocycles.